The molecule has 1 heteroatoms. The molecular weight excluding hydrogens is 434 g/mol. The fraction of sp³-hybridized carbons (Fsp3) is 0.857. The second-order valence-electron chi connectivity index (χ2n) is 11.7. The maximum Gasteiger partial charge on any atom is 0.172 e. The normalized spacial score (nSPS) is 11.4. The largest absolute Gasteiger partial charge is 0.205 e. The van der Waals surface area contributed by atoms with Gasteiger partial charge in [-0.2, -0.15) is 0 Å². The first kappa shape index (κ1) is 33.2. The van der Waals surface area contributed by atoms with Crippen molar-refractivity contribution in [1.29, 1.82) is 0 Å². The molecule has 1 heterocycles. The van der Waals surface area contributed by atoms with Gasteiger partial charge >= 0.3 is 0 Å². The van der Waals surface area contributed by atoms with E-state index in [1.807, 2.05) is 0 Å². The number of hydrogen-bond acceptors (Lipinski definition) is 0. The maximum atomic E-state index is 2.50. The molecule has 0 radical (unpaired) electrons. The van der Waals surface area contributed by atoms with Crippen molar-refractivity contribution in [2.45, 2.75) is 194 Å². The fourth-order valence-corrected chi connectivity index (χ4v) is 5.53. The standard InChI is InChI=1S/C35H66N/c1-4-7-10-12-14-16-18-20-22-24-26-28-34-30-32-36(31-9-6-3)33-35(34)29-27-25-23-21-19-17-15-13-11-8-5-2/h30,32-33H,4-29,31H2,1-3H3/q+1. The Kier molecular flexibility index (Phi) is 23.8. The summed E-state index contributed by atoms with van der Waals surface area (Å²) in [6.45, 7) is 8.09. The van der Waals surface area contributed by atoms with Gasteiger partial charge in [0.05, 0.1) is 0 Å². The fourth-order valence-electron chi connectivity index (χ4n) is 5.53. The van der Waals surface area contributed by atoms with Crippen LogP contribution in [0.15, 0.2) is 18.5 Å². The molecule has 0 fully saturated rings. The van der Waals surface area contributed by atoms with Gasteiger partial charge in [-0.05, 0) is 31.2 Å². The van der Waals surface area contributed by atoms with E-state index in [-0.39, 0.29) is 0 Å². The number of unbranched alkanes of at least 4 members (excludes halogenated alkanes) is 21. The minimum absolute atomic E-state index is 1.18. The summed E-state index contributed by atoms with van der Waals surface area (Å²) in [6.07, 6.45) is 41.5. The second-order valence-corrected chi connectivity index (χ2v) is 11.7. The number of aromatic nitrogens is 1. The van der Waals surface area contributed by atoms with Crippen LogP contribution in [0, 0.1) is 0 Å². The summed E-state index contributed by atoms with van der Waals surface area (Å²) in [5.41, 5.74) is 3.29. The van der Waals surface area contributed by atoms with E-state index in [2.05, 4.69) is 43.8 Å². The molecule has 0 spiro atoms. The molecule has 0 unspecified atom stereocenters. The van der Waals surface area contributed by atoms with Crippen molar-refractivity contribution < 1.29 is 4.57 Å². The Morgan fingerprint density at radius 2 is 0.778 bits per heavy atom. The molecule has 1 aromatic rings. The van der Waals surface area contributed by atoms with Crippen LogP contribution in [0.5, 0.6) is 0 Å². The van der Waals surface area contributed by atoms with Crippen molar-refractivity contribution in [2.75, 3.05) is 0 Å². The summed E-state index contributed by atoms with van der Waals surface area (Å²) in [6, 6.07) is 2.46. The van der Waals surface area contributed by atoms with Gasteiger partial charge in [0.15, 0.2) is 12.4 Å². The highest BCUT2D eigenvalue weighted by atomic mass is 14.9. The first-order chi connectivity index (χ1) is 17.8. The molecule has 0 aliphatic heterocycles. The van der Waals surface area contributed by atoms with E-state index in [9.17, 15) is 0 Å². The average Bonchev–Trinajstić information content (AvgIpc) is 2.90. The molecule has 0 saturated heterocycles. The zero-order valence-electron chi connectivity index (χ0n) is 25.3. The first-order valence-corrected chi connectivity index (χ1v) is 16.8. The van der Waals surface area contributed by atoms with Gasteiger partial charge in [0.25, 0.3) is 0 Å². The smallest absolute Gasteiger partial charge is 0.172 e. The Labute approximate surface area is 228 Å². The summed E-state index contributed by atoms with van der Waals surface area (Å²) < 4.78 is 2.46. The lowest BCUT2D eigenvalue weighted by molar-refractivity contribution is -0.697. The summed E-state index contributed by atoms with van der Waals surface area (Å²) in [5.74, 6) is 0. The molecule has 1 aromatic heterocycles. The van der Waals surface area contributed by atoms with Crippen LogP contribution in [-0.4, -0.2) is 0 Å². The molecule has 0 saturated carbocycles. The van der Waals surface area contributed by atoms with Crippen molar-refractivity contribution in [3.63, 3.8) is 0 Å². The van der Waals surface area contributed by atoms with E-state index in [1.54, 1.807) is 11.1 Å². The molecule has 1 rings (SSSR count). The van der Waals surface area contributed by atoms with Gasteiger partial charge in [-0.3, -0.25) is 0 Å². The number of aryl methyl sites for hydroxylation is 3. The predicted molar refractivity (Wildman–Crippen MR) is 162 cm³/mol. The lowest BCUT2D eigenvalue weighted by atomic mass is 9.97. The number of rotatable bonds is 27. The number of hydrogen-bond donors (Lipinski definition) is 0. The van der Waals surface area contributed by atoms with Crippen LogP contribution < -0.4 is 4.57 Å². The Bertz CT molecular complexity index is 578. The quantitative estimate of drug-likeness (QED) is 0.0835. The Morgan fingerprint density at radius 1 is 0.417 bits per heavy atom. The molecule has 0 atom stereocenters. The third kappa shape index (κ3) is 19.3. The van der Waals surface area contributed by atoms with Gasteiger partial charge in [-0.15, -0.1) is 0 Å². The van der Waals surface area contributed by atoms with Crippen molar-refractivity contribution >= 4 is 0 Å². The van der Waals surface area contributed by atoms with Gasteiger partial charge in [-0.25, -0.2) is 4.57 Å². The van der Waals surface area contributed by atoms with Gasteiger partial charge in [0.1, 0.15) is 6.54 Å². The molecule has 0 amide bonds. The van der Waals surface area contributed by atoms with Crippen LogP contribution >= 0.6 is 0 Å². The van der Waals surface area contributed by atoms with Crippen molar-refractivity contribution in [1.82, 2.24) is 0 Å². The van der Waals surface area contributed by atoms with Crippen LogP contribution in [0.2, 0.25) is 0 Å². The summed E-state index contributed by atoms with van der Waals surface area (Å²) in [4.78, 5) is 0. The lowest BCUT2D eigenvalue weighted by Crippen LogP contribution is -2.33. The third-order valence-electron chi connectivity index (χ3n) is 8.07. The van der Waals surface area contributed by atoms with Crippen LogP contribution in [0.4, 0.5) is 0 Å². The molecule has 210 valence electrons. The summed E-state index contributed by atoms with van der Waals surface area (Å²) in [7, 11) is 0. The zero-order valence-corrected chi connectivity index (χ0v) is 25.3. The monoisotopic (exact) mass is 501 g/mol. The van der Waals surface area contributed by atoms with Crippen LogP contribution in [0.1, 0.15) is 186 Å². The SMILES string of the molecule is CCCCCCCCCCCCCc1cc[n+](CCCC)cc1CCCCCCCCCCCCC. The lowest BCUT2D eigenvalue weighted by Gasteiger charge is -2.09. The molecule has 0 N–H and O–H groups in total. The molecular formula is C35H66N+. The highest BCUT2D eigenvalue weighted by Gasteiger charge is 2.09. The van der Waals surface area contributed by atoms with Gasteiger partial charge < -0.3 is 0 Å². The van der Waals surface area contributed by atoms with Crippen LogP contribution in [0.25, 0.3) is 0 Å². The first-order valence-electron chi connectivity index (χ1n) is 16.8. The zero-order chi connectivity index (χ0) is 25.9. The van der Waals surface area contributed by atoms with E-state index in [0.717, 1.165) is 0 Å². The Morgan fingerprint density at radius 3 is 1.19 bits per heavy atom. The molecule has 0 aliphatic carbocycles. The molecule has 0 aromatic carbocycles. The van der Waals surface area contributed by atoms with Crippen LogP contribution in [-0.2, 0) is 19.4 Å². The predicted octanol–water partition coefficient (Wildman–Crippen LogP) is 11.5. The van der Waals surface area contributed by atoms with Crippen molar-refractivity contribution in [3.05, 3.63) is 29.6 Å². The van der Waals surface area contributed by atoms with Gasteiger partial charge in [0, 0.05) is 18.1 Å². The Hall–Kier alpha value is -0.850. The van der Waals surface area contributed by atoms with E-state index >= 15 is 0 Å². The topological polar surface area (TPSA) is 3.88 Å². The van der Waals surface area contributed by atoms with Gasteiger partial charge in [0.2, 0.25) is 0 Å². The molecule has 36 heavy (non-hydrogen) atoms. The average molecular weight is 501 g/mol. The second kappa shape index (κ2) is 25.8. The summed E-state index contributed by atoms with van der Waals surface area (Å²) >= 11 is 0. The third-order valence-corrected chi connectivity index (χ3v) is 8.07. The van der Waals surface area contributed by atoms with E-state index < -0.39 is 0 Å². The van der Waals surface area contributed by atoms with E-state index in [0.29, 0.717) is 0 Å². The number of pyridine rings is 1. The maximum absolute atomic E-state index is 2.50. The highest BCUT2D eigenvalue weighted by Crippen LogP contribution is 2.18. The highest BCUT2D eigenvalue weighted by molar-refractivity contribution is 5.21. The summed E-state index contributed by atoms with van der Waals surface area (Å²) in [5, 5.41) is 0. The van der Waals surface area contributed by atoms with Crippen LogP contribution in [0.3, 0.4) is 0 Å². The Balaban J connectivity index is 2.24. The molecule has 1 nitrogen and oxygen atoms in total. The van der Waals surface area contributed by atoms with Crippen molar-refractivity contribution in [2.24, 2.45) is 0 Å². The van der Waals surface area contributed by atoms with E-state index in [1.165, 1.54) is 173 Å². The van der Waals surface area contributed by atoms with Crippen molar-refractivity contribution in [3.8, 4) is 0 Å². The minimum atomic E-state index is 1.18. The molecule has 0 aliphatic rings. The molecule has 0 bridgehead atoms. The van der Waals surface area contributed by atoms with E-state index in [4.69, 9.17) is 0 Å². The van der Waals surface area contributed by atoms with Gasteiger partial charge in [-0.1, -0.05) is 156 Å². The minimum Gasteiger partial charge on any atom is -0.205 e. The number of nitrogens with zero attached hydrogens (tertiary/aromatic N) is 1.